The molecule has 2 aliphatic heterocycles. The van der Waals surface area contributed by atoms with E-state index in [0.717, 1.165) is 25.1 Å². The minimum Gasteiger partial charge on any atom is -0.375 e. The zero-order chi connectivity index (χ0) is 17.8. The number of carbonyl (C=O) groups excluding carboxylic acids is 1. The van der Waals surface area contributed by atoms with Gasteiger partial charge in [0.15, 0.2) is 0 Å². The third-order valence-corrected chi connectivity index (χ3v) is 5.87. The van der Waals surface area contributed by atoms with E-state index in [-0.39, 0.29) is 5.91 Å². The highest BCUT2D eigenvalue weighted by Gasteiger charge is 2.36. The Morgan fingerprint density at radius 1 is 1.20 bits per heavy atom. The van der Waals surface area contributed by atoms with Gasteiger partial charge in [0.05, 0.1) is 0 Å². The van der Waals surface area contributed by atoms with Crippen LogP contribution in [0.2, 0.25) is 0 Å². The molecule has 0 unspecified atom stereocenters. The van der Waals surface area contributed by atoms with Crippen molar-refractivity contribution in [3.63, 3.8) is 0 Å². The third-order valence-electron chi connectivity index (χ3n) is 5.87. The Hall–Kier alpha value is -1.55. The molecular weight excluding hydrogens is 310 g/mol. The van der Waals surface area contributed by atoms with Crippen molar-refractivity contribution in [1.82, 2.24) is 9.80 Å². The van der Waals surface area contributed by atoms with Gasteiger partial charge in [-0.3, -0.25) is 9.69 Å². The Morgan fingerprint density at radius 3 is 2.52 bits per heavy atom. The smallest absolute Gasteiger partial charge is 0.254 e. The number of benzene rings is 1. The quantitative estimate of drug-likeness (QED) is 0.789. The summed E-state index contributed by atoms with van der Waals surface area (Å²) >= 11 is 0. The van der Waals surface area contributed by atoms with Gasteiger partial charge in [-0.2, -0.15) is 0 Å². The first-order valence-corrected chi connectivity index (χ1v) is 9.96. The highest BCUT2D eigenvalue weighted by Crippen LogP contribution is 2.27. The van der Waals surface area contributed by atoms with Gasteiger partial charge in [-0.25, -0.2) is 0 Å². The van der Waals surface area contributed by atoms with Gasteiger partial charge in [0, 0.05) is 43.5 Å². The molecule has 0 aromatic heterocycles. The van der Waals surface area contributed by atoms with Crippen LogP contribution in [0.1, 0.15) is 56.3 Å². The van der Waals surface area contributed by atoms with Crippen LogP contribution < -0.4 is 4.90 Å². The number of hydrogen-bond donors (Lipinski definition) is 0. The van der Waals surface area contributed by atoms with Crippen molar-refractivity contribution in [2.24, 2.45) is 0 Å². The maximum atomic E-state index is 13.0. The van der Waals surface area contributed by atoms with E-state index in [1.54, 1.807) is 0 Å². The minimum absolute atomic E-state index is 0.192. The summed E-state index contributed by atoms with van der Waals surface area (Å²) in [6.45, 7) is 8.77. The molecule has 1 aromatic rings. The number of nitrogens with zero attached hydrogens (tertiary/aromatic N) is 3. The van der Waals surface area contributed by atoms with Gasteiger partial charge < -0.3 is 9.80 Å². The minimum atomic E-state index is 0.192. The molecule has 0 radical (unpaired) electrons. The Bertz CT molecular complexity index is 565. The fourth-order valence-electron chi connectivity index (χ4n) is 4.21. The fourth-order valence-corrected chi connectivity index (χ4v) is 4.21. The summed E-state index contributed by atoms with van der Waals surface area (Å²) in [6, 6.07) is 9.06. The van der Waals surface area contributed by atoms with Gasteiger partial charge in [0.1, 0.15) is 0 Å². The van der Waals surface area contributed by atoms with E-state index in [4.69, 9.17) is 0 Å². The lowest BCUT2D eigenvalue weighted by Crippen LogP contribution is -2.38. The zero-order valence-electron chi connectivity index (χ0n) is 16.1. The SMILES string of the molecule is CCCCN(C)c1ccc(C(=O)N2C[C@H](N3CCCC3)C[C@H]2C)cc1. The molecule has 2 fully saturated rings. The summed E-state index contributed by atoms with van der Waals surface area (Å²) in [6.07, 6.45) is 6.13. The molecular formula is C21H33N3O. The van der Waals surface area contributed by atoms with Crippen molar-refractivity contribution in [2.75, 3.05) is 38.1 Å². The molecule has 2 saturated heterocycles. The predicted octanol–water partition coefficient (Wildman–Crippen LogP) is 3.62. The van der Waals surface area contributed by atoms with Crippen LogP contribution in [0.4, 0.5) is 5.69 Å². The predicted molar refractivity (Wildman–Crippen MR) is 104 cm³/mol. The van der Waals surface area contributed by atoms with E-state index in [1.807, 2.05) is 12.1 Å². The van der Waals surface area contributed by atoms with Gasteiger partial charge in [-0.15, -0.1) is 0 Å². The van der Waals surface area contributed by atoms with Crippen molar-refractivity contribution < 1.29 is 4.79 Å². The number of hydrogen-bond acceptors (Lipinski definition) is 3. The Kier molecular flexibility index (Phi) is 6.00. The molecule has 0 aliphatic carbocycles. The zero-order valence-corrected chi connectivity index (χ0v) is 16.1. The first kappa shape index (κ1) is 18.2. The number of likely N-dealkylation sites (tertiary alicyclic amines) is 2. The maximum absolute atomic E-state index is 13.0. The van der Waals surface area contributed by atoms with Crippen LogP contribution in [0, 0.1) is 0 Å². The molecule has 0 N–H and O–H groups in total. The number of amides is 1. The Labute approximate surface area is 152 Å². The van der Waals surface area contributed by atoms with E-state index >= 15 is 0 Å². The molecule has 4 nitrogen and oxygen atoms in total. The molecule has 25 heavy (non-hydrogen) atoms. The summed E-state index contributed by atoms with van der Waals surface area (Å²) in [5, 5.41) is 0. The van der Waals surface area contributed by atoms with E-state index in [0.29, 0.717) is 12.1 Å². The summed E-state index contributed by atoms with van der Waals surface area (Å²) < 4.78 is 0. The average molecular weight is 344 g/mol. The number of carbonyl (C=O) groups is 1. The number of unbranched alkanes of at least 4 members (excludes halogenated alkanes) is 1. The topological polar surface area (TPSA) is 26.8 Å². The van der Waals surface area contributed by atoms with Gasteiger partial charge in [0.2, 0.25) is 0 Å². The summed E-state index contributed by atoms with van der Waals surface area (Å²) in [4.78, 5) is 19.9. The fraction of sp³-hybridized carbons (Fsp3) is 0.667. The molecule has 3 rings (SSSR count). The molecule has 1 amide bonds. The normalized spacial score (nSPS) is 24.0. The van der Waals surface area contributed by atoms with Gasteiger partial charge >= 0.3 is 0 Å². The lowest BCUT2D eigenvalue weighted by atomic mass is 10.1. The van der Waals surface area contributed by atoms with Crippen LogP contribution in [0.25, 0.3) is 0 Å². The van der Waals surface area contributed by atoms with Crippen LogP contribution in [0.15, 0.2) is 24.3 Å². The van der Waals surface area contributed by atoms with E-state index < -0.39 is 0 Å². The molecule has 138 valence electrons. The van der Waals surface area contributed by atoms with E-state index in [2.05, 4.69) is 47.7 Å². The third kappa shape index (κ3) is 4.17. The summed E-state index contributed by atoms with van der Waals surface area (Å²) in [5.74, 6) is 0.192. The summed E-state index contributed by atoms with van der Waals surface area (Å²) in [7, 11) is 2.12. The molecule has 2 atom stereocenters. The number of rotatable bonds is 6. The van der Waals surface area contributed by atoms with Crippen molar-refractivity contribution in [2.45, 2.75) is 58.0 Å². The molecule has 2 aliphatic rings. The standard InChI is InChI=1S/C21H33N3O/c1-4-5-12-22(3)19-10-8-18(9-11-19)21(25)24-16-20(15-17(24)2)23-13-6-7-14-23/h8-11,17,20H,4-7,12-16H2,1-3H3/t17-,20-/m1/s1. The van der Waals surface area contributed by atoms with Crippen LogP contribution in [0.5, 0.6) is 0 Å². The molecule has 0 saturated carbocycles. The number of anilines is 1. The van der Waals surface area contributed by atoms with Crippen LogP contribution >= 0.6 is 0 Å². The molecule has 0 bridgehead atoms. The van der Waals surface area contributed by atoms with Crippen molar-refractivity contribution >= 4 is 11.6 Å². The average Bonchev–Trinajstić information content (AvgIpc) is 3.28. The van der Waals surface area contributed by atoms with Gasteiger partial charge in [0.25, 0.3) is 5.91 Å². The van der Waals surface area contributed by atoms with Crippen molar-refractivity contribution in [1.29, 1.82) is 0 Å². The second kappa shape index (κ2) is 8.22. The Morgan fingerprint density at radius 2 is 1.88 bits per heavy atom. The monoisotopic (exact) mass is 343 g/mol. The van der Waals surface area contributed by atoms with Gasteiger partial charge in [-0.1, -0.05) is 13.3 Å². The maximum Gasteiger partial charge on any atom is 0.254 e. The van der Waals surface area contributed by atoms with Crippen LogP contribution in [-0.4, -0.2) is 61.0 Å². The van der Waals surface area contributed by atoms with Crippen molar-refractivity contribution in [3.8, 4) is 0 Å². The second-order valence-electron chi connectivity index (χ2n) is 7.76. The lowest BCUT2D eigenvalue weighted by Gasteiger charge is -2.24. The Balaban J connectivity index is 1.62. The highest BCUT2D eigenvalue weighted by molar-refractivity contribution is 5.95. The molecule has 0 spiro atoms. The molecule has 1 aromatic carbocycles. The molecule has 4 heteroatoms. The summed E-state index contributed by atoms with van der Waals surface area (Å²) in [5.41, 5.74) is 2.01. The first-order valence-electron chi connectivity index (χ1n) is 9.96. The largest absolute Gasteiger partial charge is 0.375 e. The highest BCUT2D eigenvalue weighted by atomic mass is 16.2. The van der Waals surface area contributed by atoms with Crippen LogP contribution in [0.3, 0.4) is 0 Å². The second-order valence-corrected chi connectivity index (χ2v) is 7.76. The van der Waals surface area contributed by atoms with Crippen LogP contribution in [-0.2, 0) is 0 Å². The van der Waals surface area contributed by atoms with E-state index in [1.165, 1.54) is 44.5 Å². The van der Waals surface area contributed by atoms with E-state index in [9.17, 15) is 4.79 Å². The molecule has 2 heterocycles. The van der Waals surface area contributed by atoms with Gasteiger partial charge in [-0.05, 0) is 70.0 Å². The first-order chi connectivity index (χ1) is 12.1. The van der Waals surface area contributed by atoms with Crippen molar-refractivity contribution in [3.05, 3.63) is 29.8 Å². The lowest BCUT2D eigenvalue weighted by molar-refractivity contribution is 0.0737.